The van der Waals surface area contributed by atoms with Gasteiger partial charge in [0, 0.05) is 31.7 Å². The van der Waals surface area contributed by atoms with Gasteiger partial charge in [-0.3, -0.25) is 0 Å². The van der Waals surface area contributed by atoms with Crippen molar-refractivity contribution in [3.63, 3.8) is 0 Å². The van der Waals surface area contributed by atoms with Crippen LogP contribution in [0.5, 0.6) is 0 Å². The molecule has 1 aliphatic carbocycles. The van der Waals surface area contributed by atoms with Crippen LogP contribution in [-0.4, -0.2) is 32.4 Å². The second kappa shape index (κ2) is 6.21. The highest BCUT2D eigenvalue weighted by atomic mass is 32.2. The molecule has 4 nitrogen and oxygen atoms in total. The van der Waals surface area contributed by atoms with E-state index in [0.717, 1.165) is 29.3 Å². The second-order valence-corrected chi connectivity index (χ2v) is 7.08. The van der Waals surface area contributed by atoms with Crippen LogP contribution in [0, 0.1) is 11.6 Å². The number of rotatable bonds is 7. The third-order valence-corrected chi connectivity index (χ3v) is 5.21. The summed E-state index contributed by atoms with van der Waals surface area (Å²) in [7, 11) is -2.68. The lowest BCUT2D eigenvalue weighted by Gasteiger charge is -2.17. The zero-order valence-corrected chi connectivity index (χ0v) is 12.6. The fourth-order valence-corrected chi connectivity index (χ4v) is 3.15. The molecule has 1 N–H and O–H groups in total. The SMILES string of the molecule is C=CCN(C)S(=O)(=O)c1ccc(F)c(CNC2CC2)c1F. The predicted molar refractivity (Wildman–Crippen MR) is 76.2 cm³/mol. The molecule has 0 heterocycles. The molecule has 2 rings (SSSR count). The van der Waals surface area contributed by atoms with Gasteiger partial charge in [0.05, 0.1) is 0 Å². The predicted octanol–water partition coefficient (Wildman–Crippen LogP) is 2.02. The number of benzene rings is 1. The van der Waals surface area contributed by atoms with E-state index in [1.54, 1.807) is 0 Å². The Labute approximate surface area is 123 Å². The summed E-state index contributed by atoms with van der Waals surface area (Å²) < 4.78 is 53.6. The van der Waals surface area contributed by atoms with Gasteiger partial charge >= 0.3 is 0 Å². The molecule has 0 bridgehead atoms. The van der Waals surface area contributed by atoms with E-state index >= 15 is 0 Å². The van der Waals surface area contributed by atoms with E-state index in [9.17, 15) is 17.2 Å². The Morgan fingerprint density at radius 2 is 2.10 bits per heavy atom. The van der Waals surface area contributed by atoms with Gasteiger partial charge in [-0.1, -0.05) is 6.08 Å². The average molecular weight is 316 g/mol. The first kappa shape index (κ1) is 16.1. The molecule has 21 heavy (non-hydrogen) atoms. The summed E-state index contributed by atoms with van der Waals surface area (Å²) in [5.74, 6) is -1.77. The Morgan fingerprint density at radius 3 is 2.67 bits per heavy atom. The zero-order chi connectivity index (χ0) is 15.6. The lowest BCUT2D eigenvalue weighted by molar-refractivity contribution is 0.479. The molecule has 0 aromatic heterocycles. The van der Waals surface area contributed by atoms with Crippen molar-refractivity contribution in [3.8, 4) is 0 Å². The topological polar surface area (TPSA) is 49.4 Å². The van der Waals surface area contributed by atoms with Gasteiger partial charge in [0.1, 0.15) is 10.7 Å². The fourth-order valence-electron chi connectivity index (χ4n) is 1.92. The maximum atomic E-state index is 14.4. The van der Waals surface area contributed by atoms with Crippen LogP contribution >= 0.6 is 0 Å². The summed E-state index contributed by atoms with van der Waals surface area (Å²) in [6, 6.07) is 2.22. The van der Waals surface area contributed by atoms with Crippen LogP contribution in [0.15, 0.2) is 29.7 Å². The van der Waals surface area contributed by atoms with E-state index in [1.165, 1.54) is 13.1 Å². The molecular weight excluding hydrogens is 298 g/mol. The Balaban J connectivity index is 2.35. The molecule has 0 unspecified atom stereocenters. The number of nitrogens with zero attached hydrogens (tertiary/aromatic N) is 1. The molecule has 1 aromatic carbocycles. The largest absolute Gasteiger partial charge is 0.310 e. The Hall–Kier alpha value is -1.31. The standard InChI is InChI=1S/C14H18F2N2O2S/c1-3-8-18(2)21(19,20)13-7-6-12(15)11(14(13)16)9-17-10-4-5-10/h3,6-7,10,17H,1,4-5,8-9H2,2H3. The summed E-state index contributed by atoms with van der Waals surface area (Å²) >= 11 is 0. The van der Waals surface area contributed by atoms with Crippen molar-refractivity contribution in [1.29, 1.82) is 0 Å². The van der Waals surface area contributed by atoms with Gasteiger partial charge in [-0.05, 0) is 25.0 Å². The number of sulfonamides is 1. The van der Waals surface area contributed by atoms with Crippen molar-refractivity contribution >= 4 is 10.0 Å². The van der Waals surface area contributed by atoms with Crippen LogP contribution in [0.2, 0.25) is 0 Å². The van der Waals surface area contributed by atoms with Gasteiger partial charge < -0.3 is 5.32 Å². The molecular formula is C14H18F2N2O2S. The maximum Gasteiger partial charge on any atom is 0.246 e. The highest BCUT2D eigenvalue weighted by Gasteiger charge is 2.28. The van der Waals surface area contributed by atoms with Gasteiger partial charge in [-0.15, -0.1) is 6.58 Å². The van der Waals surface area contributed by atoms with Crippen LogP contribution < -0.4 is 5.32 Å². The van der Waals surface area contributed by atoms with Crippen LogP contribution in [0.4, 0.5) is 8.78 Å². The molecule has 1 saturated carbocycles. The summed E-state index contributed by atoms with van der Waals surface area (Å²) in [5.41, 5.74) is -0.241. The Kier molecular flexibility index (Phi) is 4.75. The molecule has 0 spiro atoms. The summed E-state index contributed by atoms with van der Waals surface area (Å²) in [6.07, 6.45) is 3.35. The Bertz CT molecular complexity index is 643. The number of nitrogens with one attached hydrogen (secondary N) is 1. The number of likely N-dealkylation sites (N-methyl/N-ethyl adjacent to an activating group) is 1. The molecule has 0 atom stereocenters. The van der Waals surface area contributed by atoms with Crippen molar-refractivity contribution in [2.75, 3.05) is 13.6 Å². The van der Waals surface area contributed by atoms with Crippen LogP contribution in [0.25, 0.3) is 0 Å². The minimum atomic E-state index is -4.00. The number of halogens is 2. The molecule has 1 aromatic rings. The molecule has 1 aliphatic rings. The highest BCUT2D eigenvalue weighted by molar-refractivity contribution is 7.89. The van der Waals surface area contributed by atoms with Crippen LogP contribution in [-0.2, 0) is 16.6 Å². The van der Waals surface area contributed by atoms with Gasteiger partial charge in [-0.25, -0.2) is 17.2 Å². The van der Waals surface area contributed by atoms with Crippen molar-refractivity contribution in [2.45, 2.75) is 30.3 Å². The summed E-state index contributed by atoms with van der Waals surface area (Å²) in [6.45, 7) is 3.48. The molecule has 0 radical (unpaired) electrons. The molecule has 7 heteroatoms. The van der Waals surface area contributed by atoms with Crippen molar-refractivity contribution in [1.82, 2.24) is 9.62 Å². The van der Waals surface area contributed by atoms with E-state index in [4.69, 9.17) is 0 Å². The minimum Gasteiger partial charge on any atom is -0.310 e. The van der Waals surface area contributed by atoms with Gasteiger partial charge in [-0.2, -0.15) is 4.31 Å². The molecule has 116 valence electrons. The zero-order valence-electron chi connectivity index (χ0n) is 11.8. The third kappa shape index (κ3) is 3.48. The first-order valence-corrected chi connectivity index (χ1v) is 8.09. The van der Waals surface area contributed by atoms with Crippen LogP contribution in [0.3, 0.4) is 0 Å². The van der Waals surface area contributed by atoms with Crippen LogP contribution in [0.1, 0.15) is 18.4 Å². The number of hydrogen-bond donors (Lipinski definition) is 1. The van der Waals surface area contributed by atoms with E-state index in [-0.39, 0.29) is 24.7 Å². The van der Waals surface area contributed by atoms with E-state index in [1.807, 2.05) is 0 Å². The number of hydrogen-bond acceptors (Lipinski definition) is 3. The summed E-state index contributed by atoms with van der Waals surface area (Å²) in [5, 5.41) is 2.98. The van der Waals surface area contributed by atoms with E-state index in [0.29, 0.717) is 0 Å². The van der Waals surface area contributed by atoms with Gasteiger partial charge in [0.15, 0.2) is 5.82 Å². The lowest BCUT2D eigenvalue weighted by Crippen LogP contribution is -2.28. The molecule has 0 amide bonds. The fraction of sp³-hybridized carbons (Fsp3) is 0.429. The normalized spacial score (nSPS) is 15.4. The maximum absolute atomic E-state index is 14.4. The molecule has 0 aliphatic heterocycles. The average Bonchev–Trinajstić information content (AvgIpc) is 3.22. The minimum absolute atomic E-state index is 0.0170. The van der Waals surface area contributed by atoms with Crippen molar-refractivity contribution in [2.24, 2.45) is 0 Å². The first-order chi connectivity index (χ1) is 9.87. The molecule has 1 fully saturated rings. The van der Waals surface area contributed by atoms with Gasteiger partial charge in [0.2, 0.25) is 10.0 Å². The summed E-state index contributed by atoms with van der Waals surface area (Å²) in [4.78, 5) is -0.513. The molecule has 0 saturated heterocycles. The lowest BCUT2D eigenvalue weighted by atomic mass is 10.2. The quantitative estimate of drug-likeness (QED) is 0.783. The highest BCUT2D eigenvalue weighted by Crippen LogP contribution is 2.25. The third-order valence-electron chi connectivity index (χ3n) is 3.37. The smallest absolute Gasteiger partial charge is 0.246 e. The van der Waals surface area contributed by atoms with E-state index in [2.05, 4.69) is 11.9 Å². The first-order valence-electron chi connectivity index (χ1n) is 6.65. The van der Waals surface area contributed by atoms with Crippen molar-refractivity contribution < 1.29 is 17.2 Å². The van der Waals surface area contributed by atoms with E-state index < -0.39 is 26.6 Å². The van der Waals surface area contributed by atoms with Gasteiger partial charge in [0.25, 0.3) is 0 Å². The Morgan fingerprint density at radius 1 is 1.43 bits per heavy atom. The second-order valence-electron chi connectivity index (χ2n) is 5.07. The monoisotopic (exact) mass is 316 g/mol. The van der Waals surface area contributed by atoms with Crippen molar-refractivity contribution in [3.05, 3.63) is 42.0 Å².